The molecule has 11 rings (SSSR count). The summed E-state index contributed by atoms with van der Waals surface area (Å²) in [5.74, 6) is 3.48. The molecule has 0 spiro atoms. The molecule has 2 aliphatic heterocycles. The Bertz CT molecular complexity index is 3000. The number of nitrogens with zero attached hydrogens (tertiary/aromatic N) is 1. The lowest BCUT2D eigenvalue weighted by Crippen LogP contribution is -1.99. The maximum Gasteiger partial charge on any atom is 0.187 e. The molecule has 2 aliphatic rings. The molecule has 230 valence electrons. The first-order valence-corrected chi connectivity index (χ1v) is 16.8. The second kappa shape index (κ2) is 10.1. The van der Waals surface area contributed by atoms with Crippen molar-refractivity contribution in [1.82, 2.24) is 0 Å². The second-order valence-electron chi connectivity index (χ2n) is 13.0. The van der Waals surface area contributed by atoms with Crippen molar-refractivity contribution in [2.45, 2.75) is 0 Å². The summed E-state index contributed by atoms with van der Waals surface area (Å²) in [4.78, 5) is 3.90. The number of hydrogen-bond donors (Lipinski definition) is 0. The minimum absolute atomic E-state index is 0.613. The van der Waals surface area contributed by atoms with Crippen LogP contribution in [0.25, 0.3) is 92.4 Å². The summed E-state index contributed by atoms with van der Waals surface area (Å²) in [6.07, 6.45) is 0. The summed E-state index contributed by atoms with van der Waals surface area (Å²) in [7, 11) is 0. The molecule has 9 aromatic rings. The Labute approximate surface area is 288 Å². The number of hydrogen-bond acceptors (Lipinski definition) is 2. The van der Waals surface area contributed by atoms with Crippen molar-refractivity contribution in [2.24, 2.45) is 0 Å². The third-order valence-corrected chi connectivity index (χ3v) is 10.5. The van der Waals surface area contributed by atoms with E-state index in [0.717, 1.165) is 99.5 Å². The van der Waals surface area contributed by atoms with E-state index in [9.17, 15) is 0 Å². The van der Waals surface area contributed by atoms with Gasteiger partial charge in [0.15, 0.2) is 5.69 Å². The van der Waals surface area contributed by atoms with E-state index >= 15 is 0 Å². The Morgan fingerprint density at radius 2 is 0.780 bits per heavy atom. The highest BCUT2D eigenvalue weighted by atomic mass is 16.5. The number of ether oxygens (including phenoxy) is 2. The Balaban J connectivity index is 1.26. The Kier molecular flexibility index (Phi) is 5.45. The van der Waals surface area contributed by atoms with Crippen molar-refractivity contribution in [2.75, 3.05) is 0 Å². The van der Waals surface area contributed by atoms with Crippen LogP contribution in [0.3, 0.4) is 0 Å². The van der Waals surface area contributed by atoms with Gasteiger partial charge in [-0.05, 0) is 96.0 Å². The van der Waals surface area contributed by atoms with Crippen LogP contribution in [0.4, 0.5) is 5.69 Å². The molecule has 3 heteroatoms. The van der Waals surface area contributed by atoms with Crippen LogP contribution in [0, 0.1) is 6.57 Å². The average Bonchev–Trinajstić information content (AvgIpc) is 3.17. The number of rotatable bonds is 2. The summed E-state index contributed by atoms with van der Waals surface area (Å²) in [5.41, 5.74) is 9.67. The molecule has 0 amide bonds. The predicted molar refractivity (Wildman–Crippen MR) is 205 cm³/mol. The second-order valence-corrected chi connectivity index (χ2v) is 13.0. The topological polar surface area (TPSA) is 22.8 Å². The number of para-hydroxylation sites is 2. The maximum atomic E-state index is 8.00. The van der Waals surface area contributed by atoms with E-state index in [-0.39, 0.29) is 0 Å². The van der Waals surface area contributed by atoms with E-state index in [4.69, 9.17) is 16.0 Å². The van der Waals surface area contributed by atoms with Crippen molar-refractivity contribution in [3.05, 3.63) is 163 Å². The van der Waals surface area contributed by atoms with Crippen LogP contribution in [-0.2, 0) is 0 Å². The van der Waals surface area contributed by atoms with Crippen LogP contribution in [0.15, 0.2) is 152 Å². The monoisotopic (exact) mass is 635 g/mol. The van der Waals surface area contributed by atoms with E-state index in [1.165, 1.54) is 11.1 Å². The lowest BCUT2D eigenvalue weighted by atomic mass is 9.81. The molecule has 9 aromatic carbocycles. The molecule has 2 heterocycles. The molecular formula is C47H25NO2. The summed E-state index contributed by atoms with van der Waals surface area (Å²) in [6, 6.07) is 53.1. The zero-order valence-electron chi connectivity index (χ0n) is 26.7. The molecule has 0 radical (unpaired) electrons. The normalized spacial score (nSPS) is 12.3. The van der Waals surface area contributed by atoms with Gasteiger partial charge >= 0.3 is 0 Å². The highest BCUT2D eigenvalue weighted by molar-refractivity contribution is 6.27. The van der Waals surface area contributed by atoms with Crippen LogP contribution < -0.4 is 9.47 Å². The molecule has 0 N–H and O–H groups in total. The molecule has 0 bridgehead atoms. The van der Waals surface area contributed by atoms with Crippen molar-refractivity contribution in [1.29, 1.82) is 0 Å². The highest BCUT2D eigenvalue weighted by Crippen LogP contribution is 2.54. The Morgan fingerprint density at radius 3 is 1.34 bits per heavy atom. The van der Waals surface area contributed by atoms with E-state index in [2.05, 4.69) is 126 Å². The third-order valence-electron chi connectivity index (χ3n) is 10.5. The summed E-state index contributed by atoms with van der Waals surface area (Å²) >= 11 is 0. The van der Waals surface area contributed by atoms with Gasteiger partial charge in [0.05, 0.1) is 6.57 Å². The molecule has 0 fully saturated rings. The van der Waals surface area contributed by atoms with Crippen LogP contribution >= 0.6 is 0 Å². The molecular weight excluding hydrogens is 611 g/mol. The van der Waals surface area contributed by atoms with E-state index < -0.39 is 0 Å². The van der Waals surface area contributed by atoms with E-state index in [0.29, 0.717) is 5.69 Å². The fraction of sp³-hybridized carbons (Fsp3) is 0. The minimum atomic E-state index is 0.613. The molecule has 3 nitrogen and oxygen atoms in total. The van der Waals surface area contributed by atoms with E-state index in [1.807, 2.05) is 30.3 Å². The van der Waals surface area contributed by atoms with Crippen molar-refractivity contribution in [3.63, 3.8) is 0 Å². The first-order valence-electron chi connectivity index (χ1n) is 16.8. The summed E-state index contributed by atoms with van der Waals surface area (Å²) in [5, 5.41) is 8.93. The highest BCUT2D eigenvalue weighted by Gasteiger charge is 2.26. The quantitative estimate of drug-likeness (QED) is 0.139. The van der Waals surface area contributed by atoms with Gasteiger partial charge in [0.25, 0.3) is 0 Å². The Hall–Kier alpha value is -6.89. The molecule has 50 heavy (non-hydrogen) atoms. The van der Waals surface area contributed by atoms with Crippen LogP contribution in [0.1, 0.15) is 0 Å². The summed E-state index contributed by atoms with van der Waals surface area (Å²) < 4.78 is 13.0. The van der Waals surface area contributed by atoms with Gasteiger partial charge in [0.1, 0.15) is 23.0 Å². The summed E-state index contributed by atoms with van der Waals surface area (Å²) in [6.45, 7) is 8.00. The Morgan fingerprint density at radius 1 is 0.340 bits per heavy atom. The standard InChI is InChI=1S/C47H25NO2/c1-48-27-20-21-38-39(26-27)45(37-25-23-35-29-11-5-7-17-41(29)50-43-19-9-15-33(37)47(35)43)31-13-3-2-12-30(31)44(38)36-24-22-34-28-10-4-6-16-40(28)49-42-18-8-14-32(36)46(34)42/h2-26H. The van der Waals surface area contributed by atoms with Gasteiger partial charge in [-0.15, -0.1) is 0 Å². The fourth-order valence-electron chi connectivity index (χ4n) is 8.41. The van der Waals surface area contributed by atoms with Crippen molar-refractivity contribution < 1.29 is 9.47 Å². The van der Waals surface area contributed by atoms with Crippen molar-refractivity contribution in [3.8, 4) is 67.5 Å². The molecule has 0 aliphatic carbocycles. The maximum absolute atomic E-state index is 8.00. The predicted octanol–water partition coefficient (Wildman–Crippen LogP) is 13.7. The van der Waals surface area contributed by atoms with Crippen molar-refractivity contribution >= 4 is 48.8 Å². The van der Waals surface area contributed by atoms with Gasteiger partial charge in [0, 0.05) is 21.9 Å². The zero-order chi connectivity index (χ0) is 32.9. The molecule has 0 aromatic heterocycles. The lowest BCUT2D eigenvalue weighted by molar-refractivity contribution is 0.487. The average molecular weight is 636 g/mol. The van der Waals surface area contributed by atoms with Crippen LogP contribution in [0.5, 0.6) is 23.0 Å². The molecule has 0 unspecified atom stereocenters. The van der Waals surface area contributed by atoms with E-state index in [1.54, 1.807) is 0 Å². The first-order chi connectivity index (χ1) is 24.8. The molecule has 0 saturated carbocycles. The first kappa shape index (κ1) is 27.1. The SMILES string of the molecule is [C-]#[N+]c1ccc2c(-c3ccc4c5c(cccc35)Oc3ccccc3-4)c3ccccc3c(-c3ccc4c5c(cccc35)Oc3ccccc3-4)c2c1. The molecule has 0 atom stereocenters. The number of fused-ring (bicyclic) bond motifs is 6. The van der Waals surface area contributed by atoms with Gasteiger partial charge in [-0.3, -0.25) is 0 Å². The smallest absolute Gasteiger partial charge is 0.187 e. The van der Waals surface area contributed by atoms with Crippen LogP contribution in [-0.4, -0.2) is 0 Å². The van der Waals surface area contributed by atoms with Crippen LogP contribution in [0.2, 0.25) is 0 Å². The van der Waals surface area contributed by atoms with Gasteiger partial charge < -0.3 is 9.47 Å². The van der Waals surface area contributed by atoms with Gasteiger partial charge in [-0.2, -0.15) is 0 Å². The number of benzene rings is 9. The fourth-order valence-corrected chi connectivity index (χ4v) is 8.41. The van der Waals surface area contributed by atoms with Gasteiger partial charge in [-0.25, -0.2) is 4.85 Å². The largest absolute Gasteiger partial charge is 0.456 e. The minimum Gasteiger partial charge on any atom is -0.456 e. The lowest BCUT2D eigenvalue weighted by Gasteiger charge is -2.25. The molecule has 0 saturated heterocycles. The van der Waals surface area contributed by atoms with Gasteiger partial charge in [-0.1, -0.05) is 121 Å². The third kappa shape index (κ3) is 3.62. The zero-order valence-corrected chi connectivity index (χ0v) is 26.7. The van der Waals surface area contributed by atoms with Gasteiger partial charge in [0.2, 0.25) is 0 Å².